The van der Waals surface area contributed by atoms with Crippen molar-refractivity contribution in [3.63, 3.8) is 0 Å². The predicted octanol–water partition coefficient (Wildman–Crippen LogP) is -1.67. The van der Waals surface area contributed by atoms with Crippen LogP contribution in [-0.4, -0.2) is 68.6 Å². The quantitative estimate of drug-likeness (QED) is 0.174. The van der Waals surface area contributed by atoms with E-state index in [9.17, 15) is 24.3 Å². The maximum atomic E-state index is 12.6. The van der Waals surface area contributed by atoms with Crippen LogP contribution in [0.25, 0.3) is 0 Å². The summed E-state index contributed by atoms with van der Waals surface area (Å²) in [5, 5.41) is 22.8. The molecule has 0 radical (unpaired) electrons. The van der Waals surface area contributed by atoms with Crippen LogP contribution >= 0.6 is 0 Å². The van der Waals surface area contributed by atoms with Gasteiger partial charge in [-0.05, 0) is 25.8 Å². The first-order chi connectivity index (χ1) is 13.7. The Labute approximate surface area is 167 Å². The first kappa shape index (κ1) is 24.0. The lowest BCUT2D eigenvalue weighted by Gasteiger charge is -2.22. The number of nitrogens with zero attached hydrogens (tertiary/aromatic N) is 1. The molecule has 12 nitrogen and oxygen atoms in total. The van der Waals surface area contributed by atoms with Crippen LogP contribution < -0.4 is 22.1 Å². The minimum absolute atomic E-state index is 0.0262. The Hall–Kier alpha value is -2.99. The van der Waals surface area contributed by atoms with E-state index < -0.39 is 48.3 Å². The van der Waals surface area contributed by atoms with E-state index in [4.69, 9.17) is 16.6 Å². The first-order valence-corrected chi connectivity index (χ1v) is 9.22. The maximum absolute atomic E-state index is 12.6. The number of rotatable bonds is 14. The molecule has 9 N–H and O–H groups in total. The summed E-state index contributed by atoms with van der Waals surface area (Å²) < 4.78 is 0. The second-order valence-corrected chi connectivity index (χ2v) is 6.56. The number of hydrogen-bond acceptors (Lipinski definition) is 7. The van der Waals surface area contributed by atoms with Crippen molar-refractivity contribution in [2.75, 3.05) is 6.54 Å². The summed E-state index contributed by atoms with van der Waals surface area (Å²) in [7, 11) is 0. The summed E-state index contributed by atoms with van der Waals surface area (Å²) in [6.45, 7) is 0.478. The number of amides is 2. The third kappa shape index (κ3) is 9.17. The normalized spacial score (nSPS) is 13.9. The van der Waals surface area contributed by atoms with Crippen molar-refractivity contribution in [3.8, 4) is 0 Å². The van der Waals surface area contributed by atoms with Crippen LogP contribution in [0.5, 0.6) is 0 Å². The number of imidazole rings is 1. The molecule has 0 fully saturated rings. The monoisotopic (exact) mass is 412 g/mol. The minimum atomic E-state index is -1.40. The van der Waals surface area contributed by atoms with Crippen LogP contribution in [0, 0.1) is 0 Å². The molecule has 162 valence electrons. The summed E-state index contributed by atoms with van der Waals surface area (Å²) >= 11 is 0. The minimum Gasteiger partial charge on any atom is -0.481 e. The topological polar surface area (TPSA) is 214 Å². The van der Waals surface area contributed by atoms with E-state index in [2.05, 4.69) is 20.6 Å². The van der Waals surface area contributed by atoms with Crippen LogP contribution in [0.15, 0.2) is 12.5 Å². The molecule has 0 unspecified atom stereocenters. The number of aliphatic carboxylic acids is 2. The molecular weight excluding hydrogens is 384 g/mol. The van der Waals surface area contributed by atoms with Crippen LogP contribution in [0.3, 0.4) is 0 Å². The number of unbranched alkanes of at least 4 members (excludes halogenated alkanes) is 1. The van der Waals surface area contributed by atoms with Crippen molar-refractivity contribution in [3.05, 3.63) is 18.2 Å². The molecule has 0 spiro atoms. The second kappa shape index (κ2) is 12.5. The van der Waals surface area contributed by atoms with E-state index in [0.717, 1.165) is 0 Å². The van der Waals surface area contributed by atoms with Gasteiger partial charge in [0.15, 0.2) is 0 Å². The van der Waals surface area contributed by atoms with Gasteiger partial charge >= 0.3 is 11.9 Å². The zero-order valence-electron chi connectivity index (χ0n) is 16.0. The van der Waals surface area contributed by atoms with Gasteiger partial charge in [-0.15, -0.1) is 0 Å². The van der Waals surface area contributed by atoms with Crippen molar-refractivity contribution in [1.82, 2.24) is 20.6 Å². The molecule has 1 aromatic rings. The molecule has 0 aliphatic carbocycles. The van der Waals surface area contributed by atoms with Crippen molar-refractivity contribution in [2.45, 2.75) is 56.7 Å². The van der Waals surface area contributed by atoms with E-state index in [0.29, 0.717) is 31.5 Å². The van der Waals surface area contributed by atoms with Gasteiger partial charge in [-0.25, -0.2) is 9.78 Å². The van der Waals surface area contributed by atoms with Crippen molar-refractivity contribution in [1.29, 1.82) is 0 Å². The average molecular weight is 412 g/mol. The van der Waals surface area contributed by atoms with Gasteiger partial charge in [0.25, 0.3) is 0 Å². The van der Waals surface area contributed by atoms with Crippen molar-refractivity contribution < 1.29 is 29.4 Å². The number of nitrogens with one attached hydrogen (secondary N) is 3. The van der Waals surface area contributed by atoms with Gasteiger partial charge in [0.1, 0.15) is 12.1 Å². The second-order valence-electron chi connectivity index (χ2n) is 6.56. The van der Waals surface area contributed by atoms with Crippen molar-refractivity contribution in [2.24, 2.45) is 11.5 Å². The lowest BCUT2D eigenvalue weighted by molar-refractivity contribution is -0.143. The van der Waals surface area contributed by atoms with Gasteiger partial charge in [-0.2, -0.15) is 0 Å². The van der Waals surface area contributed by atoms with E-state index in [1.54, 1.807) is 0 Å². The summed E-state index contributed by atoms with van der Waals surface area (Å²) in [6, 6.07) is -3.37. The van der Waals surface area contributed by atoms with Crippen LogP contribution in [0.1, 0.15) is 37.8 Å². The molecule has 2 amide bonds. The van der Waals surface area contributed by atoms with Gasteiger partial charge in [0.2, 0.25) is 11.8 Å². The zero-order valence-corrected chi connectivity index (χ0v) is 16.0. The molecule has 0 bridgehead atoms. The molecule has 3 atom stereocenters. The fraction of sp³-hybridized carbons (Fsp3) is 0.588. The van der Waals surface area contributed by atoms with Gasteiger partial charge < -0.3 is 37.3 Å². The van der Waals surface area contributed by atoms with E-state index >= 15 is 0 Å². The fourth-order valence-corrected chi connectivity index (χ4v) is 2.54. The Bertz CT molecular complexity index is 680. The summed E-state index contributed by atoms with van der Waals surface area (Å²) in [4.78, 5) is 53.6. The number of carbonyl (C=O) groups excluding carboxylic acids is 2. The number of carbonyl (C=O) groups is 4. The first-order valence-electron chi connectivity index (χ1n) is 9.22. The van der Waals surface area contributed by atoms with Crippen LogP contribution in [-0.2, 0) is 25.6 Å². The average Bonchev–Trinajstić information content (AvgIpc) is 3.17. The molecule has 12 heteroatoms. The van der Waals surface area contributed by atoms with E-state index in [1.807, 2.05) is 0 Å². The SMILES string of the molecule is NCCCC[C@H](N)C(=O)N[C@@H](Cc1cnc[nH]1)C(=O)N[C@@H](CCC(=O)O)C(=O)O. The molecule has 1 rings (SSSR count). The smallest absolute Gasteiger partial charge is 0.326 e. The summed E-state index contributed by atoms with van der Waals surface area (Å²) in [5.41, 5.74) is 11.8. The molecule has 1 heterocycles. The third-order valence-electron chi connectivity index (χ3n) is 4.18. The Morgan fingerprint density at radius 1 is 1.07 bits per heavy atom. The van der Waals surface area contributed by atoms with Gasteiger partial charge in [0.05, 0.1) is 12.4 Å². The molecule has 0 saturated carbocycles. The lowest BCUT2D eigenvalue weighted by Crippen LogP contribution is -2.55. The highest BCUT2D eigenvalue weighted by Gasteiger charge is 2.28. The van der Waals surface area contributed by atoms with Gasteiger partial charge in [-0.3, -0.25) is 14.4 Å². The standard InChI is InChI=1S/C17H28N6O6/c18-6-2-1-3-11(19)15(26)23-13(7-10-8-20-9-21-10)16(27)22-12(17(28)29)4-5-14(24)25/h8-9,11-13H,1-7,18-19H2,(H,20,21)(H,22,27)(H,23,26)(H,24,25)(H,28,29)/t11-,12-,13-/m0/s1. The fourth-order valence-electron chi connectivity index (χ4n) is 2.54. The molecule has 0 saturated heterocycles. The van der Waals surface area contributed by atoms with E-state index in [1.165, 1.54) is 12.5 Å². The highest BCUT2D eigenvalue weighted by atomic mass is 16.4. The van der Waals surface area contributed by atoms with Crippen LogP contribution in [0.4, 0.5) is 0 Å². The Morgan fingerprint density at radius 3 is 2.31 bits per heavy atom. The van der Waals surface area contributed by atoms with E-state index in [-0.39, 0.29) is 12.8 Å². The highest BCUT2D eigenvalue weighted by molar-refractivity contribution is 5.92. The summed E-state index contributed by atoms with van der Waals surface area (Å²) in [6.07, 6.45) is 3.92. The summed E-state index contributed by atoms with van der Waals surface area (Å²) in [5.74, 6) is -3.88. The molecule has 1 aromatic heterocycles. The van der Waals surface area contributed by atoms with Gasteiger partial charge in [0, 0.05) is 24.7 Å². The zero-order chi connectivity index (χ0) is 21.8. The molecular formula is C17H28N6O6. The Morgan fingerprint density at radius 2 is 1.76 bits per heavy atom. The number of carboxylic acid groups (broad SMARTS) is 2. The molecule has 0 aliphatic heterocycles. The molecule has 29 heavy (non-hydrogen) atoms. The van der Waals surface area contributed by atoms with Crippen LogP contribution in [0.2, 0.25) is 0 Å². The number of carboxylic acids is 2. The predicted molar refractivity (Wildman–Crippen MR) is 102 cm³/mol. The number of aromatic amines is 1. The number of H-pyrrole nitrogens is 1. The molecule has 0 aliphatic rings. The molecule has 0 aromatic carbocycles. The number of hydrogen-bond donors (Lipinski definition) is 7. The maximum Gasteiger partial charge on any atom is 0.326 e. The third-order valence-corrected chi connectivity index (χ3v) is 4.18. The number of aromatic nitrogens is 2. The van der Waals surface area contributed by atoms with Crippen molar-refractivity contribution >= 4 is 23.8 Å². The Balaban J connectivity index is 2.81. The highest BCUT2D eigenvalue weighted by Crippen LogP contribution is 2.05. The Kier molecular flexibility index (Phi) is 10.3. The number of nitrogens with two attached hydrogens (primary N) is 2. The lowest BCUT2D eigenvalue weighted by atomic mass is 10.1. The van der Waals surface area contributed by atoms with Gasteiger partial charge in [-0.1, -0.05) is 6.42 Å². The largest absolute Gasteiger partial charge is 0.481 e.